The van der Waals surface area contributed by atoms with Crippen LogP contribution in [0.2, 0.25) is 0 Å². The van der Waals surface area contributed by atoms with Gasteiger partial charge in [0.2, 0.25) is 5.91 Å². The van der Waals surface area contributed by atoms with Crippen molar-refractivity contribution in [1.82, 2.24) is 10.6 Å². The van der Waals surface area contributed by atoms with Crippen LogP contribution < -0.4 is 16.0 Å². The minimum atomic E-state index is -0.0755. The Bertz CT molecular complexity index is 493. The zero-order valence-electron chi connectivity index (χ0n) is 13.2. The van der Waals surface area contributed by atoms with Gasteiger partial charge in [-0.05, 0) is 62.5 Å². The molecule has 0 aromatic heterocycles. The summed E-state index contributed by atoms with van der Waals surface area (Å²) in [6, 6.07) is 7.02. The van der Waals surface area contributed by atoms with Crippen LogP contribution in [0.1, 0.15) is 43.0 Å². The standard InChI is InChI=1S/C17H25N3O2/c1-2-10-19-17(22)14-4-6-15(7-5-14)20-16(21)8-3-13-9-11-18-12-13/h4-7,13,18H,2-3,8-12H2,1H3,(H,19,22)(H,20,21). The van der Waals surface area contributed by atoms with Crippen molar-refractivity contribution in [3.8, 4) is 0 Å². The Balaban J connectivity index is 1.77. The maximum Gasteiger partial charge on any atom is 0.251 e. The molecule has 1 atom stereocenters. The third-order valence-electron chi connectivity index (χ3n) is 3.91. The molecule has 0 aliphatic carbocycles. The summed E-state index contributed by atoms with van der Waals surface area (Å²) in [4.78, 5) is 23.7. The van der Waals surface area contributed by atoms with Crippen molar-refractivity contribution >= 4 is 17.5 Å². The topological polar surface area (TPSA) is 70.2 Å². The summed E-state index contributed by atoms with van der Waals surface area (Å²) in [7, 11) is 0. The predicted molar refractivity (Wildman–Crippen MR) is 87.9 cm³/mol. The maximum atomic E-state index is 11.9. The van der Waals surface area contributed by atoms with Crippen molar-refractivity contribution in [3.05, 3.63) is 29.8 Å². The molecule has 0 radical (unpaired) electrons. The summed E-state index contributed by atoms with van der Waals surface area (Å²) in [6.07, 6.45) is 3.55. The fraction of sp³-hybridized carbons (Fsp3) is 0.529. The molecule has 1 aromatic rings. The van der Waals surface area contributed by atoms with Crippen molar-refractivity contribution in [2.24, 2.45) is 5.92 Å². The first-order chi connectivity index (χ1) is 10.7. The number of anilines is 1. The first kappa shape index (κ1) is 16.5. The molecule has 3 N–H and O–H groups in total. The maximum absolute atomic E-state index is 11.9. The van der Waals surface area contributed by atoms with Crippen LogP contribution in [0, 0.1) is 5.92 Å². The SMILES string of the molecule is CCCNC(=O)c1ccc(NC(=O)CCC2CCNC2)cc1. The van der Waals surface area contributed by atoms with E-state index in [2.05, 4.69) is 16.0 Å². The minimum Gasteiger partial charge on any atom is -0.352 e. The molecular weight excluding hydrogens is 278 g/mol. The number of hydrogen-bond acceptors (Lipinski definition) is 3. The Kier molecular flexibility index (Phi) is 6.40. The molecule has 1 aliphatic rings. The second-order valence-electron chi connectivity index (χ2n) is 5.78. The van der Waals surface area contributed by atoms with Gasteiger partial charge in [0.25, 0.3) is 5.91 Å². The van der Waals surface area contributed by atoms with Crippen molar-refractivity contribution < 1.29 is 9.59 Å². The highest BCUT2D eigenvalue weighted by molar-refractivity contribution is 5.95. The lowest BCUT2D eigenvalue weighted by Crippen LogP contribution is -2.23. The van der Waals surface area contributed by atoms with E-state index in [4.69, 9.17) is 0 Å². The molecule has 1 heterocycles. The molecule has 0 spiro atoms. The number of benzene rings is 1. The first-order valence-electron chi connectivity index (χ1n) is 8.08. The van der Waals surface area contributed by atoms with Crippen LogP contribution in [-0.4, -0.2) is 31.4 Å². The van der Waals surface area contributed by atoms with Gasteiger partial charge in [-0.1, -0.05) is 6.92 Å². The molecule has 1 fully saturated rings. The molecule has 22 heavy (non-hydrogen) atoms. The second kappa shape index (κ2) is 8.54. The monoisotopic (exact) mass is 303 g/mol. The van der Waals surface area contributed by atoms with Gasteiger partial charge in [-0.25, -0.2) is 0 Å². The first-order valence-corrected chi connectivity index (χ1v) is 8.08. The van der Waals surface area contributed by atoms with Gasteiger partial charge in [0.05, 0.1) is 0 Å². The van der Waals surface area contributed by atoms with Gasteiger partial charge < -0.3 is 16.0 Å². The quantitative estimate of drug-likeness (QED) is 0.723. The molecule has 120 valence electrons. The number of carbonyl (C=O) groups is 2. The highest BCUT2D eigenvalue weighted by Crippen LogP contribution is 2.15. The van der Waals surface area contributed by atoms with Gasteiger partial charge in [0.15, 0.2) is 0 Å². The van der Waals surface area contributed by atoms with Crippen LogP contribution in [0.4, 0.5) is 5.69 Å². The average molecular weight is 303 g/mol. The van der Waals surface area contributed by atoms with Crippen LogP contribution in [0.3, 0.4) is 0 Å². The van der Waals surface area contributed by atoms with Crippen LogP contribution in [0.25, 0.3) is 0 Å². The summed E-state index contributed by atoms with van der Waals surface area (Å²) in [6.45, 7) is 4.77. The van der Waals surface area contributed by atoms with E-state index in [1.54, 1.807) is 24.3 Å². The Morgan fingerprint density at radius 3 is 2.68 bits per heavy atom. The molecule has 1 unspecified atom stereocenters. The molecule has 0 bridgehead atoms. The smallest absolute Gasteiger partial charge is 0.251 e. The second-order valence-corrected chi connectivity index (χ2v) is 5.78. The minimum absolute atomic E-state index is 0.0371. The fourth-order valence-electron chi connectivity index (χ4n) is 2.57. The van der Waals surface area contributed by atoms with E-state index in [0.29, 0.717) is 24.4 Å². The number of carbonyl (C=O) groups excluding carboxylic acids is 2. The fourth-order valence-corrected chi connectivity index (χ4v) is 2.57. The van der Waals surface area contributed by atoms with E-state index >= 15 is 0 Å². The third-order valence-corrected chi connectivity index (χ3v) is 3.91. The Morgan fingerprint density at radius 1 is 1.27 bits per heavy atom. The van der Waals surface area contributed by atoms with Crippen molar-refractivity contribution in [3.63, 3.8) is 0 Å². The highest BCUT2D eigenvalue weighted by Gasteiger charge is 2.15. The number of hydrogen-bond donors (Lipinski definition) is 3. The molecule has 1 aromatic carbocycles. The van der Waals surface area contributed by atoms with Crippen LogP contribution >= 0.6 is 0 Å². The van der Waals surface area contributed by atoms with Gasteiger partial charge >= 0.3 is 0 Å². The van der Waals surface area contributed by atoms with E-state index in [1.807, 2.05) is 6.92 Å². The van der Waals surface area contributed by atoms with Gasteiger partial charge in [0, 0.05) is 24.2 Å². The molecule has 0 saturated carbocycles. The van der Waals surface area contributed by atoms with Gasteiger partial charge in [-0.2, -0.15) is 0 Å². The lowest BCUT2D eigenvalue weighted by atomic mass is 10.0. The average Bonchev–Trinajstić information content (AvgIpc) is 3.05. The largest absolute Gasteiger partial charge is 0.352 e. The van der Waals surface area contributed by atoms with Crippen molar-refractivity contribution in [2.45, 2.75) is 32.6 Å². The lowest BCUT2D eigenvalue weighted by molar-refractivity contribution is -0.116. The third kappa shape index (κ3) is 5.15. The summed E-state index contributed by atoms with van der Waals surface area (Å²) in [5.41, 5.74) is 1.35. The van der Waals surface area contributed by atoms with Gasteiger partial charge in [-0.15, -0.1) is 0 Å². The van der Waals surface area contributed by atoms with Crippen molar-refractivity contribution in [1.29, 1.82) is 0 Å². The van der Waals surface area contributed by atoms with E-state index < -0.39 is 0 Å². The lowest BCUT2D eigenvalue weighted by Gasteiger charge is -2.09. The van der Waals surface area contributed by atoms with Crippen molar-refractivity contribution in [2.75, 3.05) is 25.0 Å². The van der Waals surface area contributed by atoms with E-state index in [9.17, 15) is 9.59 Å². The summed E-state index contributed by atoms with van der Waals surface area (Å²) in [5.74, 6) is 0.582. The Hall–Kier alpha value is -1.88. The van der Waals surface area contributed by atoms with Gasteiger partial charge in [0.1, 0.15) is 0 Å². The molecule has 1 saturated heterocycles. The molecule has 1 aliphatic heterocycles. The molecular formula is C17H25N3O2. The molecule has 5 nitrogen and oxygen atoms in total. The Labute approximate surface area is 131 Å². The highest BCUT2D eigenvalue weighted by atomic mass is 16.2. The normalized spacial score (nSPS) is 17.2. The molecule has 2 amide bonds. The van der Waals surface area contributed by atoms with E-state index in [0.717, 1.165) is 38.0 Å². The molecule has 2 rings (SSSR count). The summed E-state index contributed by atoms with van der Waals surface area (Å²) < 4.78 is 0. The van der Waals surface area contributed by atoms with Crippen LogP contribution in [0.15, 0.2) is 24.3 Å². The zero-order chi connectivity index (χ0) is 15.8. The summed E-state index contributed by atoms with van der Waals surface area (Å²) in [5, 5.41) is 9.02. The Morgan fingerprint density at radius 2 is 2.05 bits per heavy atom. The predicted octanol–water partition coefficient (Wildman–Crippen LogP) is 2.15. The van der Waals surface area contributed by atoms with E-state index in [-0.39, 0.29) is 11.8 Å². The van der Waals surface area contributed by atoms with Gasteiger partial charge in [-0.3, -0.25) is 9.59 Å². The number of amides is 2. The zero-order valence-corrected chi connectivity index (χ0v) is 13.2. The number of rotatable bonds is 7. The summed E-state index contributed by atoms with van der Waals surface area (Å²) >= 11 is 0. The molecule has 5 heteroatoms. The number of nitrogens with one attached hydrogen (secondary N) is 3. The van der Waals surface area contributed by atoms with Crippen LogP contribution in [0.5, 0.6) is 0 Å². The van der Waals surface area contributed by atoms with E-state index in [1.165, 1.54) is 0 Å². The van der Waals surface area contributed by atoms with Crippen LogP contribution in [-0.2, 0) is 4.79 Å².